The molecular weight excluding hydrogens is 256 g/mol. The summed E-state index contributed by atoms with van der Waals surface area (Å²) in [5, 5.41) is 13.7. The fourth-order valence-electron chi connectivity index (χ4n) is 2.61. The predicted octanol–water partition coefficient (Wildman–Crippen LogP) is 3.12. The standard InChI is InChI=1S/C15H12N2O3/c1-9(18)16-14-8-13-11(7-15(14)17(19)20)6-10-4-2-3-5-12(10)13/h2-5,7-8H,6H2,1H3,(H,16,18). The van der Waals surface area contributed by atoms with Crippen LogP contribution >= 0.6 is 0 Å². The molecule has 100 valence electrons. The van der Waals surface area contributed by atoms with Gasteiger partial charge in [-0.1, -0.05) is 24.3 Å². The van der Waals surface area contributed by atoms with E-state index in [1.807, 2.05) is 24.3 Å². The van der Waals surface area contributed by atoms with E-state index < -0.39 is 4.92 Å². The minimum Gasteiger partial charge on any atom is -0.321 e. The smallest absolute Gasteiger partial charge is 0.293 e. The van der Waals surface area contributed by atoms with Gasteiger partial charge in [0, 0.05) is 13.0 Å². The Hall–Kier alpha value is -2.69. The highest BCUT2D eigenvalue weighted by atomic mass is 16.6. The molecule has 0 radical (unpaired) electrons. The summed E-state index contributed by atoms with van der Waals surface area (Å²) in [6, 6.07) is 11.1. The van der Waals surface area contributed by atoms with Gasteiger partial charge in [-0.15, -0.1) is 0 Å². The number of rotatable bonds is 2. The number of nitro groups is 1. The lowest BCUT2D eigenvalue weighted by molar-refractivity contribution is -0.384. The molecule has 0 bridgehead atoms. The van der Waals surface area contributed by atoms with Crippen LogP contribution < -0.4 is 5.32 Å². The van der Waals surface area contributed by atoms with Crippen molar-refractivity contribution in [2.75, 3.05) is 5.32 Å². The number of carbonyl (C=O) groups excluding carboxylic acids is 1. The molecule has 0 saturated carbocycles. The molecule has 0 heterocycles. The maximum absolute atomic E-state index is 11.2. The molecule has 0 saturated heterocycles. The van der Waals surface area contributed by atoms with Crippen LogP contribution in [0.15, 0.2) is 36.4 Å². The number of nitrogens with one attached hydrogen (secondary N) is 1. The molecular formula is C15H12N2O3. The fraction of sp³-hybridized carbons (Fsp3) is 0.133. The Kier molecular flexibility index (Phi) is 2.75. The summed E-state index contributed by atoms with van der Waals surface area (Å²) >= 11 is 0. The molecule has 0 aliphatic heterocycles. The van der Waals surface area contributed by atoms with Crippen molar-refractivity contribution in [3.63, 3.8) is 0 Å². The summed E-state index contributed by atoms with van der Waals surface area (Å²) in [7, 11) is 0. The molecule has 20 heavy (non-hydrogen) atoms. The van der Waals surface area contributed by atoms with Crippen LogP contribution in [0.4, 0.5) is 11.4 Å². The van der Waals surface area contributed by atoms with Crippen molar-refractivity contribution in [3.8, 4) is 11.1 Å². The van der Waals surface area contributed by atoms with E-state index in [1.54, 1.807) is 12.1 Å². The first-order chi connectivity index (χ1) is 9.56. The molecule has 3 rings (SSSR count). The minimum absolute atomic E-state index is 0.0632. The third-order valence-corrected chi connectivity index (χ3v) is 3.42. The lowest BCUT2D eigenvalue weighted by atomic mass is 10.0. The van der Waals surface area contributed by atoms with Gasteiger partial charge in [-0.3, -0.25) is 14.9 Å². The quantitative estimate of drug-likeness (QED) is 0.573. The van der Waals surface area contributed by atoms with E-state index >= 15 is 0 Å². The third-order valence-electron chi connectivity index (χ3n) is 3.42. The Labute approximate surface area is 115 Å². The molecule has 5 nitrogen and oxygen atoms in total. The Balaban J connectivity index is 2.18. The van der Waals surface area contributed by atoms with E-state index in [0.717, 1.165) is 22.3 Å². The molecule has 0 atom stereocenters. The third kappa shape index (κ3) is 1.93. The summed E-state index contributed by atoms with van der Waals surface area (Å²) in [5.74, 6) is -0.320. The number of nitrogens with zero attached hydrogens (tertiary/aromatic N) is 1. The van der Waals surface area contributed by atoms with Gasteiger partial charge in [0.2, 0.25) is 5.91 Å². The van der Waals surface area contributed by atoms with Gasteiger partial charge in [-0.2, -0.15) is 0 Å². The average Bonchev–Trinajstić information content (AvgIpc) is 2.75. The van der Waals surface area contributed by atoms with Crippen molar-refractivity contribution in [2.45, 2.75) is 13.3 Å². The summed E-state index contributed by atoms with van der Waals surface area (Å²) in [6.07, 6.45) is 0.687. The molecule has 0 fully saturated rings. The van der Waals surface area contributed by atoms with Gasteiger partial charge in [-0.25, -0.2) is 0 Å². The number of nitro benzene ring substituents is 1. The normalized spacial score (nSPS) is 11.7. The van der Waals surface area contributed by atoms with E-state index in [0.29, 0.717) is 6.42 Å². The maximum atomic E-state index is 11.2. The van der Waals surface area contributed by atoms with Crippen LogP contribution in [-0.2, 0) is 11.2 Å². The highest BCUT2D eigenvalue weighted by Gasteiger charge is 2.24. The minimum atomic E-state index is -0.464. The van der Waals surface area contributed by atoms with Gasteiger partial charge in [0.05, 0.1) is 4.92 Å². The molecule has 2 aromatic rings. The number of hydrogen-bond acceptors (Lipinski definition) is 3. The summed E-state index contributed by atoms with van der Waals surface area (Å²) < 4.78 is 0. The van der Waals surface area contributed by atoms with Gasteiger partial charge in [0.1, 0.15) is 5.69 Å². The molecule has 0 spiro atoms. The number of fused-ring (bicyclic) bond motifs is 3. The average molecular weight is 268 g/mol. The second kappa shape index (κ2) is 4.45. The van der Waals surface area contributed by atoms with Crippen molar-refractivity contribution >= 4 is 17.3 Å². The van der Waals surface area contributed by atoms with Gasteiger partial charge < -0.3 is 5.32 Å². The predicted molar refractivity (Wildman–Crippen MR) is 75.6 cm³/mol. The van der Waals surface area contributed by atoms with E-state index in [9.17, 15) is 14.9 Å². The Morgan fingerprint density at radius 1 is 1.20 bits per heavy atom. The van der Waals surface area contributed by atoms with Crippen molar-refractivity contribution < 1.29 is 9.72 Å². The van der Waals surface area contributed by atoms with E-state index in [4.69, 9.17) is 0 Å². The second-order valence-corrected chi connectivity index (χ2v) is 4.80. The number of anilines is 1. The van der Waals surface area contributed by atoms with Crippen molar-refractivity contribution in [3.05, 3.63) is 57.6 Å². The summed E-state index contributed by atoms with van der Waals surface area (Å²) in [4.78, 5) is 21.9. The zero-order chi connectivity index (χ0) is 14.3. The van der Waals surface area contributed by atoms with Crippen LogP contribution in [0.3, 0.4) is 0 Å². The van der Waals surface area contributed by atoms with Gasteiger partial charge in [0.25, 0.3) is 5.69 Å². The number of carbonyl (C=O) groups is 1. The lowest BCUT2D eigenvalue weighted by Gasteiger charge is -2.07. The lowest BCUT2D eigenvalue weighted by Crippen LogP contribution is -2.08. The fourth-order valence-corrected chi connectivity index (χ4v) is 2.61. The Bertz CT molecular complexity index is 738. The van der Waals surface area contributed by atoms with Crippen molar-refractivity contribution in [1.82, 2.24) is 0 Å². The van der Waals surface area contributed by atoms with Crippen LogP contribution in [0.5, 0.6) is 0 Å². The Morgan fingerprint density at radius 3 is 2.65 bits per heavy atom. The highest BCUT2D eigenvalue weighted by Crippen LogP contribution is 2.41. The SMILES string of the molecule is CC(=O)Nc1cc2c(cc1[N+](=O)[O-])Cc1ccccc1-2. The van der Waals surface area contributed by atoms with E-state index in [1.165, 1.54) is 6.92 Å². The van der Waals surface area contributed by atoms with Crippen molar-refractivity contribution in [1.29, 1.82) is 0 Å². The largest absolute Gasteiger partial charge is 0.321 e. The molecule has 0 unspecified atom stereocenters. The molecule has 1 N–H and O–H groups in total. The second-order valence-electron chi connectivity index (χ2n) is 4.80. The van der Waals surface area contributed by atoms with Crippen LogP contribution in [0, 0.1) is 10.1 Å². The first-order valence-corrected chi connectivity index (χ1v) is 6.23. The van der Waals surface area contributed by atoms with Crippen LogP contribution in [-0.4, -0.2) is 10.8 Å². The van der Waals surface area contributed by atoms with Gasteiger partial charge in [-0.05, 0) is 34.7 Å². The number of hydrogen-bond donors (Lipinski definition) is 1. The first-order valence-electron chi connectivity index (χ1n) is 6.23. The molecule has 1 amide bonds. The summed E-state index contributed by atoms with van der Waals surface area (Å²) in [6.45, 7) is 1.34. The first kappa shape index (κ1) is 12.3. The number of benzene rings is 2. The van der Waals surface area contributed by atoms with Crippen LogP contribution in [0.1, 0.15) is 18.1 Å². The molecule has 0 aromatic heterocycles. The number of amides is 1. The zero-order valence-corrected chi connectivity index (χ0v) is 10.8. The molecule has 1 aliphatic rings. The zero-order valence-electron chi connectivity index (χ0n) is 10.8. The molecule has 5 heteroatoms. The van der Waals surface area contributed by atoms with Crippen LogP contribution in [0.2, 0.25) is 0 Å². The molecule has 1 aliphatic carbocycles. The van der Waals surface area contributed by atoms with Gasteiger partial charge in [0.15, 0.2) is 0 Å². The highest BCUT2D eigenvalue weighted by molar-refractivity contribution is 5.94. The van der Waals surface area contributed by atoms with E-state index in [-0.39, 0.29) is 17.3 Å². The summed E-state index contributed by atoms with van der Waals surface area (Å²) in [5.41, 5.74) is 4.28. The Morgan fingerprint density at radius 2 is 1.95 bits per heavy atom. The monoisotopic (exact) mass is 268 g/mol. The van der Waals surface area contributed by atoms with Crippen LogP contribution in [0.25, 0.3) is 11.1 Å². The van der Waals surface area contributed by atoms with Gasteiger partial charge >= 0.3 is 0 Å². The topological polar surface area (TPSA) is 72.2 Å². The van der Waals surface area contributed by atoms with E-state index in [2.05, 4.69) is 5.32 Å². The maximum Gasteiger partial charge on any atom is 0.293 e. The molecule has 2 aromatic carbocycles. The van der Waals surface area contributed by atoms with Crippen molar-refractivity contribution in [2.24, 2.45) is 0 Å².